The highest BCUT2D eigenvalue weighted by molar-refractivity contribution is 9.10. The first-order chi connectivity index (χ1) is 7.71. The third kappa shape index (κ3) is 3.89. The van der Waals surface area contributed by atoms with Crippen LogP contribution in [0.4, 0.5) is 4.79 Å². The largest absolute Gasteiger partial charge is 0.441 e. The van der Waals surface area contributed by atoms with Gasteiger partial charge in [-0.25, -0.2) is 4.79 Å². The molecule has 0 saturated heterocycles. The number of hydrogen-bond donors (Lipinski definition) is 1. The number of benzene rings is 1. The van der Waals surface area contributed by atoms with E-state index in [4.69, 9.17) is 22.1 Å². The second-order valence-corrected chi connectivity index (χ2v) is 6.17. The van der Waals surface area contributed by atoms with Gasteiger partial charge in [0.2, 0.25) is 0 Å². The van der Waals surface area contributed by atoms with Crippen molar-refractivity contribution in [1.82, 2.24) is 0 Å². The third-order valence-corrected chi connectivity index (χ3v) is 3.10. The van der Waals surface area contributed by atoms with Gasteiger partial charge < -0.3 is 10.5 Å². The van der Waals surface area contributed by atoms with Crippen molar-refractivity contribution in [2.24, 2.45) is 11.1 Å². The summed E-state index contributed by atoms with van der Waals surface area (Å²) in [7, 11) is 0. The van der Waals surface area contributed by atoms with Crippen molar-refractivity contribution < 1.29 is 9.53 Å². The van der Waals surface area contributed by atoms with Crippen molar-refractivity contribution in [3.63, 3.8) is 0 Å². The van der Waals surface area contributed by atoms with Crippen LogP contribution < -0.4 is 5.73 Å². The van der Waals surface area contributed by atoms with E-state index >= 15 is 0 Å². The van der Waals surface area contributed by atoms with Crippen molar-refractivity contribution in [1.29, 1.82) is 0 Å². The van der Waals surface area contributed by atoms with Crippen molar-refractivity contribution in [3.8, 4) is 0 Å². The minimum atomic E-state index is -0.805. The summed E-state index contributed by atoms with van der Waals surface area (Å²) in [6, 6.07) is 5.42. The minimum Gasteiger partial charge on any atom is -0.441 e. The molecule has 17 heavy (non-hydrogen) atoms. The summed E-state index contributed by atoms with van der Waals surface area (Å²) >= 11 is 9.49. The van der Waals surface area contributed by atoms with Gasteiger partial charge in [-0.1, -0.05) is 48.3 Å². The smallest absolute Gasteiger partial charge is 0.405 e. The maximum Gasteiger partial charge on any atom is 0.405 e. The fourth-order valence-electron chi connectivity index (χ4n) is 1.54. The molecule has 0 heterocycles. The number of nitrogens with two attached hydrogens (primary N) is 1. The lowest BCUT2D eigenvalue weighted by Gasteiger charge is -2.30. The molecule has 2 N–H and O–H groups in total. The van der Waals surface area contributed by atoms with E-state index in [0.717, 1.165) is 10.0 Å². The molecule has 5 heteroatoms. The Balaban J connectivity index is 3.21. The molecule has 0 aliphatic rings. The number of carbonyl (C=O) groups excluding carboxylic acids is 1. The van der Waals surface area contributed by atoms with Crippen LogP contribution in [0.25, 0.3) is 0 Å². The lowest BCUT2D eigenvalue weighted by atomic mass is 9.84. The van der Waals surface area contributed by atoms with Crippen LogP contribution >= 0.6 is 27.5 Å². The SMILES string of the molecule is CC(C)(C)C(OC(N)=O)c1cc(Br)ccc1Cl. The lowest BCUT2D eigenvalue weighted by Crippen LogP contribution is -2.27. The van der Waals surface area contributed by atoms with Gasteiger partial charge in [0, 0.05) is 20.5 Å². The maximum atomic E-state index is 11.0. The zero-order chi connectivity index (χ0) is 13.2. The number of hydrogen-bond acceptors (Lipinski definition) is 2. The highest BCUT2D eigenvalue weighted by atomic mass is 79.9. The molecule has 94 valence electrons. The zero-order valence-corrected chi connectivity index (χ0v) is 12.3. The third-order valence-electron chi connectivity index (χ3n) is 2.26. The molecule has 1 atom stereocenters. The number of carbonyl (C=O) groups is 1. The van der Waals surface area contributed by atoms with Crippen LogP contribution in [0.2, 0.25) is 5.02 Å². The van der Waals surface area contributed by atoms with Crippen molar-refractivity contribution in [3.05, 3.63) is 33.3 Å². The van der Waals surface area contributed by atoms with Gasteiger partial charge in [-0.05, 0) is 18.2 Å². The summed E-state index contributed by atoms with van der Waals surface area (Å²) in [6.07, 6.45) is -1.29. The van der Waals surface area contributed by atoms with E-state index in [0.29, 0.717) is 5.02 Å². The second kappa shape index (κ2) is 5.27. The molecule has 0 aliphatic heterocycles. The predicted octanol–water partition coefficient (Wildman–Crippen LogP) is 4.29. The number of primary amides is 1. The molecule has 3 nitrogen and oxygen atoms in total. The van der Waals surface area contributed by atoms with Gasteiger partial charge in [0.25, 0.3) is 0 Å². The van der Waals surface area contributed by atoms with Gasteiger partial charge in [0.05, 0.1) is 0 Å². The molecule has 1 aromatic rings. The molecule has 0 aromatic heterocycles. The molecule has 1 unspecified atom stereocenters. The minimum absolute atomic E-state index is 0.292. The topological polar surface area (TPSA) is 52.3 Å². The molecule has 0 radical (unpaired) electrons. The Morgan fingerprint density at radius 1 is 1.47 bits per heavy atom. The molecule has 0 fully saturated rings. The highest BCUT2D eigenvalue weighted by Gasteiger charge is 2.31. The molecule has 0 aliphatic carbocycles. The summed E-state index contributed by atoms with van der Waals surface area (Å²) in [5.41, 5.74) is 5.55. The molecule has 0 bridgehead atoms. The molecule has 1 aromatic carbocycles. The number of halogens is 2. The Hall–Kier alpha value is -0.740. The monoisotopic (exact) mass is 319 g/mol. The Labute approximate surface area is 114 Å². The van der Waals surface area contributed by atoms with E-state index in [1.807, 2.05) is 32.9 Å². The van der Waals surface area contributed by atoms with Crippen LogP contribution in [0.3, 0.4) is 0 Å². The van der Waals surface area contributed by atoms with E-state index in [-0.39, 0.29) is 5.41 Å². The fraction of sp³-hybridized carbons (Fsp3) is 0.417. The zero-order valence-electron chi connectivity index (χ0n) is 9.96. The van der Waals surface area contributed by atoms with Crippen LogP contribution in [-0.2, 0) is 4.74 Å². The average Bonchev–Trinajstić information content (AvgIpc) is 2.16. The Morgan fingerprint density at radius 3 is 2.53 bits per heavy atom. The van der Waals surface area contributed by atoms with E-state index in [2.05, 4.69) is 15.9 Å². The first-order valence-corrected chi connectivity index (χ1v) is 6.30. The molecule has 1 amide bonds. The van der Waals surface area contributed by atoms with E-state index in [9.17, 15) is 4.79 Å². The maximum absolute atomic E-state index is 11.0. The van der Waals surface area contributed by atoms with Gasteiger partial charge in [-0.3, -0.25) is 0 Å². The first-order valence-electron chi connectivity index (χ1n) is 5.13. The van der Waals surface area contributed by atoms with Crippen LogP contribution in [0.5, 0.6) is 0 Å². The van der Waals surface area contributed by atoms with Gasteiger partial charge in [-0.2, -0.15) is 0 Å². The van der Waals surface area contributed by atoms with Crippen molar-refractivity contribution in [2.45, 2.75) is 26.9 Å². The number of rotatable bonds is 2. The van der Waals surface area contributed by atoms with E-state index in [1.165, 1.54) is 0 Å². The summed E-state index contributed by atoms with van der Waals surface area (Å²) in [4.78, 5) is 11.0. The van der Waals surface area contributed by atoms with Gasteiger partial charge in [0.1, 0.15) is 6.10 Å². The number of ether oxygens (including phenoxy) is 1. The molecule has 1 rings (SSSR count). The Morgan fingerprint density at radius 2 is 2.06 bits per heavy atom. The second-order valence-electron chi connectivity index (χ2n) is 4.85. The fourth-order valence-corrected chi connectivity index (χ4v) is 2.13. The summed E-state index contributed by atoms with van der Waals surface area (Å²) in [6.45, 7) is 5.87. The van der Waals surface area contributed by atoms with Crippen LogP contribution in [-0.4, -0.2) is 6.09 Å². The highest BCUT2D eigenvalue weighted by Crippen LogP contribution is 2.40. The molecule has 0 spiro atoms. The van der Waals surface area contributed by atoms with Crippen LogP contribution in [0.1, 0.15) is 32.4 Å². The van der Waals surface area contributed by atoms with Gasteiger partial charge >= 0.3 is 6.09 Å². The quantitative estimate of drug-likeness (QED) is 0.884. The molecular weight excluding hydrogens is 305 g/mol. The molecular formula is C12H15BrClNO2. The van der Waals surface area contributed by atoms with Gasteiger partial charge in [0.15, 0.2) is 0 Å². The van der Waals surface area contributed by atoms with Crippen molar-refractivity contribution in [2.75, 3.05) is 0 Å². The Kier molecular flexibility index (Phi) is 4.44. The first kappa shape index (κ1) is 14.3. The van der Waals surface area contributed by atoms with Crippen LogP contribution in [0.15, 0.2) is 22.7 Å². The number of amides is 1. The van der Waals surface area contributed by atoms with Gasteiger partial charge in [-0.15, -0.1) is 0 Å². The summed E-state index contributed by atoms with van der Waals surface area (Å²) in [5, 5.41) is 0.550. The normalized spacial score (nSPS) is 13.2. The molecule has 0 saturated carbocycles. The van der Waals surface area contributed by atoms with Crippen LogP contribution in [0, 0.1) is 5.41 Å². The Bertz CT molecular complexity index is 429. The summed E-state index contributed by atoms with van der Waals surface area (Å²) in [5.74, 6) is 0. The van der Waals surface area contributed by atoms with E-state index in [1.54, 1.807) is 6.07 Å². The lowest BCUT2D eigenvalue weighted by molar-refractivity contribution is 0.0360. The predicted molar refractivity (Wildman–Crippen MR) is 72.0 cm³/mol. The standard InChI is InChI=1S/C12H15BrClNO2/c1-12(2,3)10(17-11(15)16)8-6-7(13)4-5-9(8)14/h4-6,10H,1-3H3,(H2,15,16). The summed E-state index contributed by atoms with van der Waals surface area (Å²) < 4.78 is 6.04. The average molecular weight is 321 g/mol. The van der Waals surface area contributed by atoms with Crippen molar-refractivity contribution >= 4 is 33.6 Å². The van der Waals surface area contributed by atoms with E-state index < -0.39 is 12.2 Å².